The van der Waals surface area contributed by atoms with Crippen molar-refractivity contribution in [2.75, 3.05) is 19.6 Å². The molecule has 82 valence electrons. The molecule has 2 heteroatoms. The highest BCUT2D eigenvalue weighted by molar-refractivity contribution is 6.66. The summed E-state index contributed by atoms with van der Waals surface area (Å²) < 4.78 is 0. The van der Waals surface area contributed by atoms with Gasteiger partial charge in [-0.25, -0.2) is 0 Å². The summed E-state index contributed by atoms with van der Waals surface area (Å²) in [5.74, 6) is 0. The molecule has 0 saturated carbocycles. The summed E-state index contributed by atoms with van der Waals surface area (Å²) in [7, 11) is -0.544. The highest BCUT2D eigenvalue weighted by Gasteiger charge is 2.17. The molecule has 1 heterocycles. The summed E-state index contributed by atoms with van der Waals surface area (Å²) in [6.45, 7) is 10.9. The molecule has 1 rings (SSSR count). The standard InChI is InChI=1S/C12H25NSi/c1-4-12(14(5-2)6-3)11-13-9-7-8-10-13/h4,14H,5-11H2,1-3H3. The van der Waals surface area contributed by atoms with Crippen molar-refractivity contribution in [3.05, 3.63) is 11.3 Å². The highest BCUT2D eigenvalue weighted by atomic mass is 28.3. The number of likely N-dealkylation sites (tertiary alicyclic amines) is 1. The lowest BCUT2D eigenvalue weighted by Gasteiger charge is -2.21. The van der Waals surface area contributed by atoms with Crippen LogP contribution in [0.2, 0.25) is 12.1 Å². The first-order chi connectivity index (χ1) is 6.81. The second-order valence-electron chi connectivity index (χ2n) is 4.36. The molecule has 0 spiro atoms. The molecule has 0 N–H and O–H groups in total. The smallest absolute Gasteiger partial charge is 0.0663 e. The van der Waals surface area contributed by atoms with Crippen molar-refractivity contribution in [3.63, 3.8) is 0 Å². The highest BCUT2D eigenvalue weighted by Crippen LogP contribution is 2.15. The maximum atomic E-state index is 2.64. The van der Waals surface area contributed by atoms with Crippen LogP contribution in [0.15, 0.2) is 11.3 Å². The Balaban J connectivity index is 2.45. The maximum absolute atomic E-state index is 2.64. The lowest BCUT2D eigenvalue weighted by molar-refractivity contribution is 0.373. The molecule has 1 aliphatic heterocycles. The Hall–Kier alpha value is -0.0831. The Morgan fingerprint density at radius 3 is 2.21 bits per heavy atom. The van der Waals surface area contributed by atoms with Gasteiger partial charge in [0.15, 0.2) is 0 Å². The topological polar surface area (TPSA) is 3.24 Å². The molecule has 0 unspecified atom stereocenters. The minimum atomic E-state index is -0.544. The Morgan fingerprint density at radius 2 is 1.79 bits per heavy atom. The van der Waals surface area contributed by atoms with Crippen LogP contribution < -0.4 is 0 Å². The zero-order chi connectivity index (χ0) is 10.4. The van der Waals surface area contributed by atoms with E-state index in [4.69, 9.17) is 0 Å². The fourth-order valence-electron chi connectivity index (χ4n) is 2.47. The van der Waals surface area contributed by atoms with E-state index >= 15 is 0 Å². The minimum absolute atomic E-state index is 0.544. The Morgan fingerprint density at radius 1 is 1.21 bits per heavy atom. The van der Waals surface area contributed by atoms with Crippen molar-refractivity contribution in [2.45, 2.75) is 45.7 Å². The van der Waals surface area contributed by atoms with E-state index in [0.717, 1.165) is 0 Å². The number of allylic oxidation sites excluding steroid dienone is 1. The van der Waals surface area contributed by atoms with Gasteiger partial charge in [-0.1, -0.05) is 37.2 Å². The minimum Gasteiger partial charge on any atom is -0.300 e. The third kappa shape index (κ3) is 3.25. The zero-order valence-electron chi connectivity index (χ0n) is 10.1. The van der Waals surface area contributed by atoms with Gasteiger partial charge in [-0.3, -0.25) is 4.90 Å². The molecule has 1 nitrogen and oxygen atoms in total. The van der Waals surface area contributed by atoms with Crippen LogP contribution in [0.5, 0.6) is 0 Å². The van der Waals surface area contributed by atoms with Gasteiger partial charge in [-0.2, -0.15) is 0 Å². The molecule has 0 bridgehead atoms. The summed E-state index contributed by atoms with van der Waals surface area (Å²) in [5.41, 5.74) is 0. The second kappa shape index (κ2) is 6.41. The second-order valence-corrected chi connectivity index (χ2v) is 8.13. The monoisotopic (exact) mass is 211 g/mol. The Bertz CT molecular complexity index is 179. The number of nitrogens with zero attached hydrogens (tertiary/aromatic N) is 1. The van der Waals surface area contributed by atoms with Crippen molar-refractivity contribution in [1.82, 2.24) is 4.90 Å². The van der Waals surface area contributed by atoms with E-state index in [1.807, 2.05) is 0 Å². The molecule has 0 amide bonds. The van der Waals surface area contributed by atoms with Crippen LogP contribution in [0.4, 0.5) is 0 Å². The Labute approximate surface area is 90.8 Å². The largest absolute Gasteiger partial charge is 0.300 e. The fourth-order valence-corrected chi connectivity index (χ4v) is 5.08. The predicted molar refractivity (Wildman–Crippen MR) is 67.5 cm³/mol. The maximum Gasteiger partial charge on any atom is 0.0663 e. The van der Waals surface area contributed by atoms with Crippen molar-refractivity contribution in [2.24, 2.45) is 0 Å². The zero-order valence-corrected chi connectivity index (χ0v) is 11.2. The average Bonchev–Trinajstić information content (AvgIpc) is 2.70. The molecule has 14 heavy (non-hydrogen) atoms. The van der Waals surface area contributed by atoms with Gasteiger partial charge in [-0.15, -0.1) is 0 Å². The van der Waals surface area contributed by atoms with Gasteiger partial charge in [-0.05, 0) is 32.9 Å². The summed E-state index contributed by atoms with van der Waals surface area (Å²) in [4.78, 5) is 2.64. The predicted octanol–water partition coefficient (Wildman–Crippen LogP) is 2.83. The first kappa shape index (κ1) is 12.0. The molecule has 0 aromatic carbocycles. The van der Waals surface area contributed by atoms with Gasteiger partial charge < -0.3 is 0 Å². The number of hydrogen-bond donors (Lipinski definition) is 0. The van der Waals surface area contributed by atoms with Crippen LogP contribution in [0, 0.1) is 0 Å². The van der Waals surface area contributed by atoms with Crippen LogP contribution in [-0.4, -0.2) is 33.3 Å². The summed E-state index contributed by atoms with van der Waals surface area (Å²) >= 11 is 0. The summed E-state index contributed by atoms with van der Waals surface area (Å²) in [6, 6.07) is 2.87. The molecule has 1 fully saturated rings. The molecule has 0 aromatic heterocycles. The third-order valence-electron chi connectivity index (χ3n) is 3.49. The lowest BCUT2D eigenvalue weighted by Crippen LogP contribution is -2.28. The van der Waals surface area contributed by atoms with Crippen molar-refractivity contribution in [1.29, 1.82) is 0 Å². The van der Waals surface area contributed by atoms with Gasteiger partial charge in [0.25, 0.3) is 0 Å². The van der Waals surface area contributed by atoms with E-state index < -0.39 is 8.80 Å². The van der Waals surface area contributed by atoms with E-state index in [1.54, 1.807) is 5.20 Å². The molecular weight excluding hydrogens is 186 g/mol. The molecular formula is C12H25NSi. The number of rotatable bonds is 5. The van der Waals surface area contributed by atoms with Crippen LogP contribution >= 0.6 is 0 Å². The molecule has 0 aromatic rings. The van der Waals surface area contributed by atoms with Gasteiger partial charge in [0, 0.05) is 6.54 Å². The van der Waals surface area contributed by atoms with Gasteiger partial charge in [0.2, 0.25) is 0 Å². The van der Waals surface area contributed by atoms with Crippen LogP contribution in [0.25, 0.3) is 0 Å². The third-order valence-corrected chi connectivity index (χ3v) is 7.02. The molecule has 1 aliphatic rings. The van der Waals surface area contributed by atoms with Crippen LogP contribution in [0.1, 0.15) is 33.6 Å². The van der Waals surface area contributed by atoms with Crippen molar-refractivity contribution in [3.8, 4) is 0 Å². The quantitative estimate of drug-likeness (QED) is 0.632. The van der Waals surface area contributed by atoms with Crippen LogP contribution in [0.3, 0.4) is 0 Å². The summed E-state index contributed by atoms with van der Waals surface area (Å²) in [5, 5.41) is 1.80. The molecule has 1 saturated heterocycles. The van der Waals surface area contributed by atoms with Crippen molar-refractivity contribution < 1.29 is 0 Å². The molecule has 0 aliphatic carbocycles. The van der Waals surface area contributed by atoms with E-state index in [-0.39, 0.29) is 0 Å². The first-order valence-electron chi connectivity index (χ1n) is 6.19. The van der Waals surface area contributed by atoms with Gasteiger partial charge in [0.05, 0.1) is 8.80 Å². The average molecular weight is 211 g/mol. The van der Waals surface area contributed by atoms with Gasteiger partial charge in [0.1, 0.15) is 0 Å². The first-order valence-corrected chi connectivity index (χ1v) is 8.40. The molecule has 0 atom stereocenters. The van der Waals surface area contributed by atoms with E-state index in [2.05, 4.69) is 31.7 Å². The number of hydrogen-bond acceptors (Lipinski definition) is 1. The normalized spacial score (nSPS) is 19.6. The SMILES string of the molecule is CC=C(CN1CCCC1)[SiH](CC)CC. The van der Waals surface area contributed by atoms with Crippen LogP contribution in [-0.2, 0) is 0 Å². The lowest BCUT2D eigenvalue weighted by atomic mass is 10.4. The van der Waals surface area contributed by atoms with Gasteiger partial charge >= 0.3 is 0 Å². The van der Waals surface area contributed by atoms with E-state index in [0.29, 0.717) is 0 Å². The van der Waals surface area contributed by atoms with E-state index in [9.17, 15) is 0 Å². The summed E-state index contributed by atoms with van der Waals surface area (Å²) in [6.07, 6.45) is 5.24. The van der Waals surface area contributed by atoms with Crippen molar-refractivity contribution >= 4 is 8.80 Å². The Kier molecular flexibility index (Phi) is 5.49. The molecule has 0 radical (unpaired) electrons. The fraction of sp³-hybridized carbons (Fsp3) is 0.833. The van der Waals surface area contributed by atoms with E-state index in [1.165, 1.54) is 44.6 Å².